The van der Waals surface area contributed by atoms with Gasteiger partial charge >= 0.3 is 0 Å². The molecule has 6 heteroatoms. The molecule has 1 aliphatic carbocycles. The maximum atomic E-state index is 12.5. The third kappa shape index (κ3) is 3.95. The molecule has 0 radical (unpaired) electrons. The number of ether oxygens (including phenoxy) is 1. The predicted octanol–water partition coefficient (Wildman–Crippen LogP) is 2.30. The van der Waals surface area contributed by atoms with Crippen LogP contribution < -0.4 is 15.4 Å². The molecule has 2 N–H and O–H groups in total. The van der Waals surface area contributed by atoms with E-state index in [0.29, 0.717) is 42.7 Å². The molecule has 1 aromatic carbocycles. The minimum atomic E-state index is -0.643. The van der Waals surface area contributed by atoms with Crippen LogP contribution >= 0.6 is 0 Å². The maximum absolute atomic E-state index is 12.5. The second kappa shape index (κ2) is 7.50. The van der Waals surface area contributed by atoms with E-state index in [1.165, 1.54) is 19.3 Å². The van der Waals surface area contributed by atoms with Crippen LogP contribution in [0.25, 0.3) is 0 Å². The van der Waals surface area contributed by atoms with Crippen molar-refractivity contribution in [1.29, 1.82) is 0 Å². The van der Waals surface area contributed by atoms with Crippen molar-refractivity contribution in [3.8, 4) is 5.75 Å². The van der Waals surface area contributed by atoms with Crippen molar-refractivity contribution < 1.29 is 14.3 Å². The van der Waals surface area contributed by atoms with E-state index in [-0.39, 0.29) is 11.8 Å². The second-order valence-electron chi connectivity index (χ2n) is 8.26. The fraction of sp³-hybridized carbons (Fsp3) is 0.619. The quantitative estimate of drug-likeness (QED) is 0.855. The Bertz CT molecular complexity index is 712. The Morgan fingerprint density at radius 2 is 2.00 bits per heavy atom. The highest BCUT2D eigenvalue weighted by Crippen LogP contribution is 2.33. The lowest BCUT2D eigenvalue weighted by atomic mass is 9.86. The second-order valence-corrected chi connectivity index (χ2v) is 8.26. The van der Waals surface area contributed by atoms with Gasteiger partial charge in [-0.25, -0.2) is 0 Å². The molecule has 0 aromatic heterocycles. The summed E-state index contributed by atoms with van der Waals surface area (Å²) < 4.78 is 6.16. The molecule has 2 unspecified atom stereocenters. The van der Waals surface area contributed by atoms with Crippen LogP contribution in [0.2, 0.25) is 0 Å². The number of amides is 2. The van der Waals surface area contributed by atoms with Crippen LogP contribution in [0.3, 0.4) is 0 Å². The van der Waals surface area contributed by atoms with Crippen molar-refractivity contribution in [3.05, 3.63) is 29.8 Å². The first kappa shape index (κ1) is 18.3. The number of piperidine rings is 1. The molecule has 4 rings (SSSR count). The Morgan fingerprint density at radius 1 is 1.26 bits per heavy atom. The summed E-state index contributed by atoms with van der Waals surface area (Å²) in [6.07, 6.45) is 6.14. The number of fused-ring (bicyclic) bond motifs is 1. The van der Waals surface area contributed by atoms with Crippen molar-refractivity contribution in [1.82, 2.24) is 15.5 Å². The minimum absolute atomic E-state index is 0.0747. The number of nitrogens with zero attached hydrogens (tertiary/aromatic N) is 1. The lowest BCUT2D eigenvalue weighted by Gasteiger charge is -2.44. The zero-order valence-electron chi connectivity index (χ0n) is 16.0. The number of carbonyl (C=O) groups excluding carboxylic acids is 2. The van der Waals surface area contributed by atoms with Crippen LogP contribution in [0.4, 0.5) is 0 Å². The fourth-order valence-electron chi connectivity index (χ4n) is 4.54. The van der Waals surface area contributed by atoms with Gasteiger partial charge in [-0.15, -0.1) is 0 Å². The van der Waals surface area contributed by atoms with Gasteiger partial charge in [0, 0.05) is 32.0 Å². The molecule has 1 spiro atoms. The van der Waals surface area contributed by atoms with Gasteiger partial charge in [0.15, 0.2) is 5.72 Å². The molecule has 2 heterocycles. The Morgan fingerprint density at radius 3 is 2.78 bits per heavy atom. The molecule has 3 aliphatic rings. The molecule has 1 saturated heterocycles. The topological polar surface area (TPSA) is 70.7 Å². The van der Waals surface area contributed by atoms with Crippen LogP contribution in [-0.4, -0.2) is 48.1 Å². The van der Waals surface area contributed by atoms with E-state index >= 15 is 0 Å². The SMILES string of the molecule is CC1CCCCC1NC(=O)CN1CCC2(CC1)NC(=O)c1ccccc1O2. The average molecular weight is 371 g/mol. The lowest BCUT2D eigenvalue weighted by Crippen LogP contribution is -2.61. The Hall–Kier alpha value is -2.08. The average Bonchev–Trinajstić information content (AvgIpc) is 2.66. The third-order valence-electron chi connectivity index (χ3n) is 6.27. The van der Waals surface area contributed by atoms with Crippen molar-refractivity contribution in [2.24, 2.45) is 5.92 Å². The van der Waals surface area contributed by atoms with Gasteiger partial charge in [-0.05, 0) is 30.9 Å². The zero-order valence-corrected chi connectivity index (χ0v) is 16.0. The number of hydrogen-bond donors (Lipinski definition) is 2. The zero-order chi connectivity index (χ0) is 18.9. The Kier molecular flexibility index (Phi) is 5.08. The van der Waals surface area contributed by atoms with Crippen molar-refractivity contribution in [2.45, 2.75) is 57.2 Å². The van der Waals surface area contributed by atoms with Gasteiger partial charge in [-0.2, -0.15) is 0 Å². The van der Waals surface area contributed by atoms with E-state index in [0.717, 1.165) is 19.5 Å². The van der Waals surface area contributed by atoms with Gasteiger partial charge in [0.05, 0.1) is 12.1 Å². The Balaban J connectivity index is 1.30. The first-order valence-corrected chi connectivity index (χ1v) is 10.2. The molecule has 2 aliphatic heterocycles. The molecule has 2 amide bonds. The Labute approximate surface area is 160 Å². The number of nitrogens with one attached hydrogen (secondary N) is 2. The van der Waals surface area contributed by atoms with Gasteiger partial charge in [0.25, 0.3) is 5.91 Å². The van der Waals surface area contributed by atoms with Crippen LogP contribution in [0.1, 0.15) is 55.8 Å². The van der Waals surface area contributed by atoms with Crippen LogP contribution in [0.15, 0.2) is 24.3 Å². The molecular weight excluding hydrogens is 342 g/mol. The molecular formula is C21H29N3O3. The summed E-state index contributed by atoms with van der Waals surface area (Å²) >= 11 is 0. The molecule has 0 bridgehead atoms. The van der Waals surface area contributed by atoms with E-state index in [1.54, 1.807) is 6.07 Å². The monoisotopic (exact) mass is 371 g/mol. The molecule has 2 atom stereocenters. The summed E-state index contributed by atoms with van der Waals surface area (Å²) in [7, 11) is 0. The van der Waals surface area contributed by atoms with Crippen molar-refractivity contribution in [3.63, 3.8) is 0 Å². The predicted molar refractivity (Wildman–Crippen MR) is 103 cm³/mol. The van der Waals surface area contributed by atoms with E-state index in [2.05, 4.69) is 22.5 Å². The number of likely N-dealkylation sites (tertiary alicyclic amines) is 1. The molecule has 1 saturated carbocycles. The number of carbonyl (C=O) groups is 2. The highest BCUT2D eigenvalue weighted by atomic mass is 16.5. The summed E-state index contributed by atoms with van der Waals surface area (Å²) in [5, 5.41) is 6.27. The molecule has 27 heavy (non-hydrogen) atoms. The normalized spacial score (nSPS) is 27.4. The van der Waals surface area contributed by atoms with E-state index in [4.69, 9.17) is 4.74 Å². The fourth-order valence-corrected chi connectivity index (χ4v) is 4.54. The molecule has 1 aromatic rings. The van der Waals surface area contributed by atoms with Gasteiger partial charge in [0.1, 0.15) is 5.75 Å². The summed E-state index contributed by atoms with van der Waals surface area (Å²) in [6, 6.07) is 7.68. The first-order chi connectivity index (χ1) is 13.0. The summed E-state index contributed by atoms with van der Waals surface area (Å²) in [5.74, 6) is 1.26. The number of para-hydroxylation sites is 1. The largest absolute Gasteiger partial charge is 0.467 e. The molecule has 146 valence electrons. The highest BCUT2D eigenvalue weighted by Gasteiger charge is 2.42. The van der Waals surface area contributed by atoms with Gasteiger partial charge in [0.2, 0.25) is 5.91 Å². The van der Waals surface area contributed by atoms with Gasteiger partial charge in [-0.1, -0.05) is 31.9 Å². The van der Waals surface area contributed by atoms with Crippen LogP contribution in [-0.2, 0) is 4.79 Å². The number of rotatable bonds is 3. The summed E-state index contributed by atoms with van der Waals surface area (Å²) in [6.45, 7) is 4.12. The van der Waals surface area contributed by atoms with E-state index in [1.807, 2.05) is 18.2 Å². The van der Waals surface area contributed by atoms with Crippen LogP contribution in [0, 0.1) is 5.92 Å². The van der Waals surface area contributed by atoms with E-state index in [9.17, 15) is 9.59 Å². The highest BCUT2D eigenvalue weighted by molar-refractivity contribution is 5.98. The smallest absolute Gasteiger partial charge is 0.258 e. The lowest BCUT2D eigenvalue weighted by molar-refractivity contribution is -0.124. The first-order valence-electron chi connectivity index (χ1n) is 10.2. The van der Waals surface area contributed by atoms with Gasteiger partial charge < -0.3 is 15.4 Å². The molecule has 6 nitrogen and oxygen atoms in total. The van der Waals surface area contributed by atoms with E-state index < -0.39 is 5.72 Å². The standard InChI is InChI=1S/C21H29N3O3/c1-15-6-2-4-8-17(15)22-19(25)14-24-12-10-21(11-13-24)23-20(26)16-7-3-5-9-18(16)27-21/h3,5,7,9,15,17H,2,4,6,8,10-14H2,1H3,(H,22,25)(H,23,26). The van der Waals surface area contributed by atoms with Crippen LogP contribution in [0.5, 0.6) is 5.75 Å². The van der Waals surface area contributed by atoms with Gasteiger partial charge in [-0.3, -0.25) is 14.5 Å². The molecule has 2 fully saturated rings. The third-order valence-corrected chi connectivity index (χ3v) is 6.27. The minimum Gasteiger partial charge on any atom is -0.467 e. The summed E-state index contributed by atoms with van der Waals surface area (Å²) in [4.78, 5) is 27.0. The van der Waals surface area contributed by atoms with Crippen molar-refractivity contribution in [2.75, 3.05) is 19.6 Å². The maximum Gasteiger partial charge on any atom is 0.258 e. The number of benzene rings is 1. The number of hydrogen-bond acceptors (Lipinski definition) is 4. The van der Waals surface area contributed by atoms with Crippen molar-refractivity contribution >= 4 is 11.8 Å². The summed E-state index contributed by atoms with van der Waals surface area (Å²) in [5.41, 5.74) is -0.0532.